The van der Waals surface area contributed by atoms with Gasteiger partial charge in [0.15, 0.2) is 17.4 Å². The van der Waals surface area contributed by atoms with Crippen LogP contribution in [0.15, 0.2) is 36.7 Å². The minimum absolute atomic E-state index is 0.0462. The van der Waals surface area contributed by atoms with E-state index in [0.717, 1.165) is 36.7 Å². The Morgan fingerprint density at radius 1 is 1.11 bits per heavy atom. The lowest BCUT2D eigenvalue weighted by molar-refractivity contribution is 0.179. The Morgan fingerprint density at radius 2 is 1.89 bits per heavy atom. The highest BCUT2D eigenvalue weighted by Crippen LogP contribution is 2.39. The van der Waals surface area contributed by atoms with E-state index in [0.29, 0.717) is 55.7 Å². The van der Waals surface area contributed by atoms with Crippen molar-refractivity contribution in [1.82, 2.24) is 19.9 Å². The summed E-state index contributed by atoms with van der Waals surface area (Å²) in [5.41, 5.74) is 8.22. The summed E-state index contributed by atoms with van der Waals surface area (Å²) < 4.78 is 35.3. The molecule has 200 valence electrons. The minimum Gasteiger partial charge on any atom is -0.486 e. The number of fused-ring (bicyclic) bond motifs is 1. The lowest BCUT2D eigenvalue weighted by Crippen LogP contribution is -2.41. The van der Waals surface area contributed by atoms with Crippen molar-refractivity contribution in [3.8, 4) is 17.0 Å². The van der Waals surface area contributed by atoms with Gasteiger partial charge in [0.1, 0.15) is 18.1 Å². The van der Waals surface area contributed by atoms with Gasteiger partial charge < -0.3 is 20.3 Å². The van der Waals surface area contributed by atoms with E-state index >= 15 is 0 Å². The Morgan fingerprint density at radius 3 is 2.58 bits per heavy atom. The SMILES string of the molecule is CC(C)N1CCOc2c(F)cc(-c3nc(Cc4ccc(CC5CCN(C(N)=O)CC5)cn4)ncc3F)cc21. The van der Waals surface area contributed by atoms with E-state index in [2.05, 4.69) is 15.0 Å². The number of nitrogens with two attached hydrogens (primary N) is 1. The second-order valence-corrected chi connectivity index (χ2v) is 10.2. The number of anilines is 1. The molecule has 0 atom stereocenters. The molecule has 2 N–H and O–H groups in total. The number of benzene rings is 1. The molecule has 10 heteroatoms. The molecule has 8 nitrogen and oxygen atoms in total. The summed E-state index contributed by atoms with van der Waals surface area (Å²) in [4.78, 5) is 28.2. The van der Waals surface area contributed by atoms with Gasteiger partial charge in [0, 0.05) is 36.6 Å². The number of halogens is 2. The van der Waals surface area contributed by atoms with Crippen LogP contribution in [0.5, 0.6) is 5.75 Å². The van der Waals surface area contributed by atoms with E-state index in [1.807, 2.05) is 37.1 Å². The van der Waals surface area contributed by atoms with Crippen molar-refractivity contribution in [1.29, 1.82) is 0 Å². The van der Waals surface area contributed by atoms with Crippen molar-refractivity contribution in [2.75, 3.05) is 31.1 Å². The van der Waals surface area contributed by atoms with Crippen LogP contribution in [0, 0.1) is 17.6 Å². The molecule has 2 aliphatic rings. The molecule has 0 bridgehead atoms. The zero-order valence-corrected chi connectivity index (χ0v) is 21.7. The molecular weight excluding hydrogens is 490 g/mol. The van der Waals surface area contributed by atoms with E-state index < -0.39 is 11.6 Å². The number of aromatic nitrogens is 3. The fraction of sp³-hybridized carbons (Fsp3) is 0.429. The Bertz CT molecular complexity index is 1310. The van der Waals surface area contributed by atoms with Crippen molar-refractivity contribution in [2.24, 2.45) is 11.7 Å². The normalized spacial score (nSPS) is 15.9. The number of carbonyl (C=O) groups is 1. The number of primary amides is 1. The zero-order chi connectivity index (χ0) is 26.8. The molecule has 0 saturated carbocycles. The number of amides is 2. The molecule has 3 aromatic rings. The number of ether oxygens (including phenoxy) is 1. The summed E-state index contributed by atoms with van der Waals surface area (Å²) in [6.45, 7) is 6.44. The Labute approximate surface area is 220 Å². The second kappa shape index (κ2) is 10.9. The van der Waals surface area contributed by atoms with Gasteiger partial charge in [0.2, 0.25) is 0 Å². The quantitative estimate of drug-likeness (QED) is 0.517. The standard InChI is InChI=1S/C28H32F2N6O2/c1-17(2)36-9-10-38-27-22(29)12-20(13-24(27)36)26-23(30)16-33-25(34-26)14-21-4-3-19(15-32-21)11-18-5-7-35(8-6-18)28(31)37/h3-4,12-13,15-18H,5-11,14H2,1-2H3,(H2,31,37). The molecule has 0 aliphatic carbocycles. The highest BCUT2D eigenvalue weighted by Gasteiger charge is 2.26. The van der Waals surface area contributed by atoms with Gasteiger partial charge in [-0.1, -0.05) is 6.07 Å². The van der Waals surface area contributed by atoms with E-state index in [1.54, 1.807) is 11.0 Å². The van der Waals surface area contributed by atoms with Gasteiger partial charge in [0.25, 0.3) is 0 Å². The predicted molar refractivity (Wildman–Crippen MR) is 140 cm³/mol. The maximum Gasteiger partial charge on any atom is 0.314 e. The zero-order valence-electron chi connectivity index (χ0n) is 21.7. The molecule has 4 heterocycles. The molecule has 1 aromatic carbocycles. The number of nitrogens with zero attached hydrogens (tertiary/aromatic N) is 5. The first-order valence-electron chi connectivity index (χ1n) is 13.0. The third-order valence-corrected chi connectivity index (χ3v) is 7.28. The number of piperidine rings is 1. The number of likely N-dealkylation sites (tertiary alicyclic amines) is 1. The van der Waals surface area contributed by atoms with Gasteiger partial charge in [-0.2, -0.15) is 0 Å². The Balaban J connectivity index is 1.30. The Kier molecular flexibility index (Phi) is 7.40. The molecule has 1 saturated heterocycles. The van der Waals surface area contributed by atoms with Crippen LogP contribution in [0.4, 0.5) is 19.3 Å². The predicted octanol–water partition coefficient (Wildman–Crippen LogP) is 4.35. The highest BCUT2D eigenvalue weighted by atomic mass is 19.1. The fourth-order valence-electron chi connectivity index (χ4n) is 5.20. The van der Waals surface area contributed by atoms with Gasteiger partial charge in [-0.15, -0.1) is 0 Å². The topological polar surface area (TPSA) is 97.5 Å². The van der Waals surface area contributed by atoms with Crippen LogP contribution < -0.4 is 15.4 Å². The first kappa shape index (κ1) is 25.8. The van der Waals surface area contributed by atoms with E-state index in [4.69, 9.17) is 10.5 Å². The minimum atomic E-state index is -0.619. The number of hydrogen-bond donors (Lipinski definition) is 1. The van der Waals surface area contributed by atoms with Crippen molar-refractivity contribution >= 4 is 11.7 Å². The maximum atomic E-state index is 14.9. The van der Waals surface area contributed by atoms with Gasteiger partial charge in [-0.3, -0.25) is 4.98 Å². The largest absolute Gasteiger partial charge is 0.486 e. The van der Waals surface area contributed by atoms with Crippen LogP contribution in [0.2, 0.25) is 0 Å². The molecule has 0 unspecified atom stereocenters. The van der Waals surface area contributed by atoms with Gasteiger partial charge in [-0.25, -0.2) is 23.5 Å². The average molecular weight is 523 g/mol. The highest BCUT2D eigenvalue weighted by molar-refractivity contribution is 5.73. The lowest BCUT2D eigenvalue weighted by atomic mass is 9.91. The van der Waals surface area contributed by atoms with Crippen LogP contribution in [-0.4, -0.2) is 58.2 Å². The number of carbonyl (C=O) groups excluding carboxylic acids is 1. The molecule has 2 aliphatic heterocycles. The molecule has 38 heavy (non-hydrogen) atoms. The third-order valence-electron chi connectivity index (χ3n) is 7.28. The summed E-state index contributed by atoms with van der Waals surface area (Å²) in [6.07, 6.45) is 6.01. The molecular formula is C28H32F2N6O2. The van der Waals surface area contributed by atoms with Gasteiger partial charge in [0.05, 0.1) is 24.8 Å². The van der Waals surface area contributed by atoms with Crippen molar-refractivity contribution in [3.05, 3.63) is 65.4 Å². The second-order valence-electron chi connectivity index (χ2n) is 10.2. The van der Waals surface area contributed by atoms with E-state index in [-0.39, 0.29) is 23.5 Å². The maximum absolute atomic E-state index is 14.9. The van der Waals surface area contributed by atoms with Gasteiger partial charge >= 0.3 is 6.03 Å². The molecule has 2 aromatic heterocycles. The molecule has 5 rings (SSSR count). The summed E-state index contributed by atoms with van der Waals surface area (Å²) in [5.74, 6) is -0.0940. The number of rotatable bonds is 6. The van der Waals surface area contributed by atoms with E-state index in [1.165, 1.54) is 6.07 Å². The first-order valence-corrected chi connectivity index (χ1v) is 13.0. The number of urea groups is 1. The average Bonchev–Trinajstić information content (AvgIpc) is 2.90. The molecule has 0 radical (unpaired) electrons. The van der Waals surface area contributed by atoms with Gasteiger partial charge in [-0.05, 0) is 62.8 Å². The van der Waals surface area contributed by atoms with Crippen molar-refractivity contribution in [3.63, 3.8) is 0 Å². The summed E-state index contributed by atoms with van der Waals surface area (Å²) in [6, 6.07) is 6.73. The van der Waals surface area contributed by atoms with Crippen LogP contribution in [0.1, 0.15) is 43.8 Å². The van der Waals surface area contributed by atoms with Crippen LogP contribution >= 0.6 is 0 Å². The molecule has 2 amide bonds. The lowest BCUT2D eigenvalue weighted by Gasteiger charge is -2.34. The monoisotopic (exact) mass is 522 g/mol. The van der Waals surface area contributed by atoms with E-state index in [9.17, 15) is 13.6 Å². The first-order chi connectivity index (χ1) is 18.3. The van der Waals surface area contributed by atoms with Crippen molar-refractivity contribution in [2.45, 2.75) is 45.6 Å². The van der Waals surface area contributed by atoms with Crippen LogP contribution in [0.3, 0.4) is 0 Å². The summed E-state index contributed by atoms with van der Waals surface area (Å²) >= 11 is 0. The molecule has 0 spiro atoms. The van der Waals surface area contributed by atoms with Crippen LogP contribution in [0.25, 0.3) is 11.3 Å². The van der Waals surface area contributed by atoms with Crippen molar-refractivity contribution < 1.29 is 18.3 Å². The summed E-state index contributed by atoms with van der Waals surface area (Å²) in [7, 11) is 0. The van der Waals surface area contributed by atoms with Crippen LogP contribution in [-0.2, 0) is 12.8 Å². The smallest absolute Gasteiger partial charge is 0.314 e. The number of pyridine rings is 1. The Hall–Kier alpha value is -3.82. The molecule has 1 fully saturated rings. The third kappa shape index (κ3) is 5.54. The summed E-state index contributed by atoms with van der Waals surface area (Å²) in [5, 5.41) is 0. The number of hydrogen-bond acceptors (Lipinski definition) is 6. The fourth-order valence-corrected chi connectivity index (χ4v) is 5.20.